The van der Waals surface area contributed by atoms with Gasteiger partial charge in [-0.05, 0) is 6.54 Å². The van der Waals surface area contributed by atoms with E-state index in [-0.39, 0.29) is 11.8 Å². The van der Waals surface area contributed by atoms with Crippen LogP contribution in [0, 0.1) is 12.3 Å². The first-order chi connectivity index (χ1) is 4.99. The standard InChI is InChI=1S/C7H13NO2S/c1-4-7(8-5-2)6-11(3,9)10/h1,7-8H,5-6H2,2-3H3. The zero-order valence-electron chi connectivity index (χ0n) is 6.79. The minimum absolute atomic E-state index is 0.0112. The first-order valence-electron chi connectivity index (χ1n) is 3.37. The molecule has 0 heterocycles. The second-order valence-corrected chi connectivity index (χ2v) is 4.55. The first kappa shape index (κ1) is 10.5. The Balaban J connectivity index is 4.02. The van der Waals surface area contributed by atoms with Gasteiger partial charge in [-0.2, -0.15) is 0 Å². The van der Waals surface area contributed by atoms with Crippen molar-refractivity contribution in [1.29, 1.82) is 0 Å². The van der Waals surface area contributed by atoms with E-state index in [0.29, 0.717) is 6.54 Å². The Labute approximate surface area is 68.1 Å². The smallest absolute Gasteiger partial charge is 0.149 e. The summed E-state index contributed by atoms with van der Waals surface area (Å²) >= 11 is 0. The molecule has 64 valence electrons. The zero-order valence-corrected chi connectivity index (χ0v) is 7.61. The van der Waals surface area contributed by atoms with E-state index in [1.807, 2.05) is 6.92 Å². The van der Waals surface area contributed by atoms with Gasteiger partial charge in [-0.3, -0.25) is 0 Å². The molecule has 3 nitrogen and oxygen atoms in total. The molecule has 0 aliphatic carbocycles. The van der Waals surface area contributed by atoms with Crippen molar-refractivity contribution in [3.05, 3.63) is 0 Å². The van der Waals surface area contributed by atoms with Crippen LogP contribution in [-0.2, 0) is 9.84 Å². The van der Waals surface area contributed by atoms with Crippen molar-refractivity contribution in [3.63, 3.8) is 0 Å². The summed E-state index contributed by atoms with van der Waals surface area (Å²) in [6.07, 6.45) is 6.26. The maximum atomic E-state index is 10.7. The van der Waals surface area contributed by atoms with Crippen LogP contribution in [0.2, 0.25) is 0 Å². The van der Waals surface area contributed by atoms with Gasteiger partial charge in [0.05, 0.1) is 11.8 Å². The highest BCUT2D eigenvalue weighted by molar-refractivity contribution is 7.90. The molecule has 1 atom stereocenters. The topological polar surface area (TPSA) is 46.2 Å². The van der Waals surface area contributed by atoms with Gasteiger partial charge >= 0.3 is 0 Å². The normalized spacial score (nSPS) is 13.9. The molecule has 0 radical (unpaired) electrons. The second-order valence-electron chi connectivity index (χ2n) is 2.37. The van der Waals surface area contributed by atoms with E-state index in [1.165, 1.54) is 6.26 Å². The van der Waals surface area contributed by atoms with E-state index >= 15 is 0 Å². The van der Waals surface area contributed by atoms with Crippen LogP contribution >= 0.6 is 0 Å². The Morgan fingerprint density at radius 3 is 2.45 bits per heavy atom. The summed E-state index contributed by atoms with van der Waals surface area (Å²) in [7, 11) is -2.96. The molecule has 0 fully saturated rings. The number of hydrogen-bond donors (Lipinski definition) is 1. The number of sulfone groups is 1. The van der Waals surface area contributed by atoms with E-state index in [4.69, 9.17) is 6.42 Å². The van der Waals surface area contributed by atoms with Gasteiger partial charge in [0.2, 0.25) is 0 Å². The fourth-order valence-electron chi connectivity index (χ4n) is 0.715. The molecule has 0 spiro atoms. The summed E-state index contributed by atoms with van der Waals surface area (Å²) in [5, 5.41) is 2.87. The van der Waals surface area contributed by atoms with Crippen molar-refractivity contribution in [3.8, 4) is 12.3 Å². The van der Waals surface area contributed by atoms with Gasteiger partial charge in [0.25, 0.3) is 0 Å². The van der Waals surface area contributed by atoms with Crippen LogP contribution in [0.5, 0.6) is 0 Å². The molecule has 4 heteroatoms. The van der Waals surface area contributed by atoms with Crippen molar-refractivity contribution in [1.82, 2.24) is 5.32 Å². The number of hydrogen-bond acceptors (Lipinski definition) is 3. The lowest BCUT2D eigenvalue weighted by Gasteiger charge is -2.08. The minimum Gasteiger partial charge on any atom is -0.303 e. The number of nitrogens with one attached hydrogen (secondary N) is 1. The predicted molar refractivity (Wildman–Crippen MR) is 46.0 cm³/mol. The lowest BCUT2D eigenvalue weighted by molar-refractivity contribution is 0.588. The quantitative estimate of drug-likeness (QED) is 0.594. The Hall–Kier alpha value is -0.530. The van der Waals surface area contributed by atoms with Gasteiger partial charge in [0.15, 0.2) is 0 Å². The maximum absolute atomic E-state index is 10.7. The molecule has 0 aromatic carbocycles. The van der Waals surface area contributed by atoms with E-state index in [0.717, 1.165) is 0 Å². The Morgan fingerprint density at radius 1 is 1.64 bits per heavy atom. The summed E-state index contributed by atoms with van der Waals surface area (Å²) in [5.41, 5.74) is 0. The summed E-state index contributed by atoms with van der Waals surface area (Å²) in [4.78, 5) is 0. The van der Waals surface area contributed by atoms with Crippen LogP contribution in [0.3, 0.4) is 0 Å². The third-order valence-corrected chi connectivity index (χ3v) is 2.06. The minimum atomic E-state index is -2.96. The summed E-state index contributed by atoms with van der Waals surface area (Å²) < 4.78 is 21.5. The van der Waals surface area contributed by atoms with E-state index < -0.39 is 9.84 Å². The van der Waals surface area contributed by atoms with Crippen molar-refractivity contribution in [2.24, 2.45) is 0 Å². The van der Waals surface area contributed by atoms with Gasteiger partial charge < -0.3 is 5.32 Å². The largest absolute Gasteiger partial charge is 0.303 e. The van der Waals surface area contributed by atoms with Gasteiger partial charge in [0.1, 0.15) is 9.84 Å². The number of rotatable bonds is 4. The van der Waals surface area contributed by atoms with Crippen LogP contribution in [0.1, 0.15) is 6.92 Å². The van der Waals surface area contributed by atoms with Gasteiger partial charge in [0, 0.05) is 6.26 Å². The molecule has 0 saturated heterocycles. The molecule has 0 aliphatic heterocycles. The van der Waals surface area contributed by atoms with Crippen molar-refractivity contribution >= 4 is 9.84 Å². The highest BCUT2D eigenvalue weighted by Crippen LogP contribution is 1.88. The highest BCUT2D eigenvalue weighted by atomic mass is 32.2. The van der Waals surface area contributed by atoms with Crippen molar-refractivity contribution in [2.45, 2.75) is 13.0 Å². The number of terminal acetylenes is 1. The molecule has 0 aromatic heterocycles. The van der Waals surface area contributed by atoms with Gasteiger partial charge in [-0.25, -0.2) is 8.42 Å². The lowest BCUT2D eigenvalue weighted by atomic mass is 10.3. The van der Waals surface area contributed by atoms with Gasteiger partial charge in [-0.1, -0.05) is 12.8 Å². The highest BCUT2D eigenvalue weighted by Gasteiger charge is 2.10. The molecule has 0 saturated carbocycles. The summed E-state index contributed by atoms with van der Waals surface area (Å²) in [6.45, 7) is 2.57. The van der Waals surface area contributed by atoms with E-state index in [9.17, 15) is 8.42 Å². The molecule has 0 amide bonds. The Morgan fingerprint density at radius 2 is 2.18 bits per heavy atom. The van der Waals surface area contributed by atoms with E-state index in [2.05, 4.69) is 11.2 Å². The predicted octanol–water partition coefficient (Wildman–Crippen LogP) is -0.358. The molecule has 1 N–H and O–H groups in total. The van der Waals surface area contributed by atoms with E-state index in [1.54, 1.807) is 0 Å². The molecular weight excluding hydrogens is 162 g/mol. The molecule has 11 heavy (non-hydrogen) atoms. The summed E-state index contributed by atoms with van der Waals surface area (Å²) in [5.74, 6) is 2.38. The van der Waals surface area contributed by atoms with Gasteiger partial charge in [-0.15, -0.1) is 6.42 Å². The Kier molecular flexibility index (Phi) is 4.16. The van der Waals surface area contributed by atoms with Crippen LogP contribution < -0.4 is 5.32 Å². The monoisotopic (exact) mass is 175 g/mol. The van der Waals surface area contributed by atoms with Crippen LogP contribution in [-0.4, -0.2) is 33.0 Å². The van der Waals surface area contributed by atoms with Crippen molar-refractivity contribution in [2.75, 3.05) is 18.6 Å². The third-order valence-electron chi connectivity index (χ3n) is 1.12. The Bertz CT molecular complexity index is 238. The van der Waals surface area contributed by atoms with Crippen LogP contribution in [0.25, 0.3) is 0 Å². The maximum Gasteiger partial charge on any atom is 0.149 e. The molecular formula is C7H13NO2S. The van der Waals surface area contributed by atoms with Crippen LogP contribution in [0.15, 0.2) is 0 Å². The SMILES string of the molecule is C#CC(CS(C)(=O)=O)NCC. The molecule has 0 aliphatic rings. The average Bonchev–Trinajstić information content (AvgIpc) is 1.84. The fourth-order valence-corrected chi connectivity index (χ4v) is 1.53. The molecule has 0 aromatic rings. The second kappa shape index (κ2) is 4.37. The summed E-state index contributed by atoms with van der Waals surface area (Å²) in [6, 6.07) is -0.352. The molecule has 0 rings (SSSR count). The first-order valence-corrected chi connectivity index (χ1v) is 5.43. The van der Waals surface area contributed by atoms with Crippen LogP contribution in [0.4, 0.5) is 0 Å². The average molecular weight is 175 g/mol. The molecule has 0 bridgehead atoms. The zero-order chi connectivity index (χ0) is 8.91. The lowest BCUT2D eigenvalue weighted by Crippen LogP contribution is -2.33. The third kappa shape index (κ3) is 5.89. The fraction of sp³-hybridized carbons (Fsp3) is 0.714. The molecule has 1 unspecified atom stereocenters. The van der Waals surface area contributed by atoms with Crippen molar-refractivity contribution < 1.29 is 8.42 Å².